The Kier molecular flexibility index (Phi) is 5.08. The van der Waals surface area contributed by atoms with Crippen molar-refractivity contribution in [2.24, 2.45) is 0 Å². The van der Waals surface area contributed by atoms with Gasteiger partial charge >= 0.3 is 0 Å². The lowest BCUT2D eigenvalue weighted by Crippen LogP contribution is -1.98. The van der Waals surface area contributed by atoms with E-state index in [9.17, 15) is 0 Å². The highest BCUT2D eigenvalue weighted by atomic mass is 15.1. The topological polar surface area (TPSA) is 35.6 Å². The van der Waals surface area contributed by atoms with Crippen molar-refractivity contribution in [3.05, 3.63) is 158 Å². The zero-order valence-corrected chi connectivity index (χ0v) is 25.8. The SMILES string of the molecule is c1ccc(-n2c3ccccc3c3cc(-c4ccc5c(c4)c4ccccc4n5-c4ccc5c(n4)-c4cncc6cccc-5c46)ccc32)cc1. The smallest absolute Gasteiger partial charge is 0.138 e. The van der Waals surface area contributed by atoms with Gasteiger partial charge in [0.05, 0.1) is 27.8 Å². The first-order valence-electron chi connectivity index (χ1n) is 16.3. The van der Waals surface area contributed by atoms with Crippen LogP contribution in [0.15, 0.2) is 158 Å². The molecule has 6 aromatic carbocycles. The van der Waals surface area contributed by atoms with Gasteiger partial charge in [-0.25, -0.2) is 4.98 Å². The van der Waals surface area contributed by atoms with E-state index in [1.54, 1.807) is 0 Å². The molecule has 0 saturated heterocycles. The lowest BCUT2D eigenvalue weighted by Gasteiger charge is -2.10. The molecule has 4 heteroatoms. The summed E-state index contributed by atoms with van der Waals surface area (Å²) in [6, 6.07) is 52.5. The third-order valence-corrected chi connectivity index (χ3v) is 10.1. The molecule has 0 amide bonds. The molecule has 1 aliphatic rings. The molecule has 4 heterocycles. The maximum absolute atomic E-state index is 5.33. The molecule has 222 valence electrons. The lowest BCUT2D eigenvalue weighted by molar-refractivity contribution is 1.09. The number of hydrogen-bond acceptors (Lipinski definition) is 2. The Labute approximate surface area is 275 Å². The summed E-state index contributed by atoms with van der Waals surface area (Å²) in [5, 5.41) is 7.32. The quantitative estimate of drug-likeness (QED) is 0.199. The zero-order chi connectivity index (χ0) is 31.3. The van der Waals surface area contributed by atoms with Crippen LogP contribution in [0.3, 0.4) is 0 Å². The summed E-state index contributed by atoms with van der Waals surface area (Å²) in [7, 11) is 0. The van der Waals surface area contributed by atoms with Crippen LogP contribution in [0.1, 0.15) is 0 Å². The average molecular weight is 611 g/mol. The van der Waals surface area contributed by atoms with Crippen LogP contribution in [-0.2, 0) is 0 Å². The van der Waals surface area contributed by atoms with Crippen LogP contribution >= 0.6 is 0 Å². The van der Waals surface area contributed by atoms with Crippen molar-refractivity contribution in [1.29, 1.82) is 0 Å². The molecule has 11 rings (SSSR count). The second-order valence-corrected chi connectivity index (χ2v) is 12.7. The van der Waals surface area contributed by atoms with Crippen molar-refractivity contribution in [1.82, 2.24) is 19.1 Å². The van der Waals surface area contributed by atoms with Crippen LogP contribution in [0.25, 0.3) is 99.4 Å². The second kappa shape index (κ2) is 9.50. The number of benzene rings is 6. The van der Waals surface area contributed by atoms with Crippen LogP contribution in [0.4, 0.5) is 0 Å². The molecule has 10 aromatic rings. The molecule has 0 radical (unpaired) electrons. The normalized spacial score (nSPS) is 12.2. The molecule has 0 aliphatic heterocycles. The van der Waals surface area contributed by atoms with Crippen molar-refractivity contribution >= 4 is 54.4 Å². The zero-order valence-electron chi connectivity index (χ0n) is 25.8. The first kappa shape index (κ1) is 25.6. The van der Waals surface area contributed by atoms with Gasteiger partial charge in [-0.3, -0.25) is 9.55 Å². The number of rotatable bonds is 3. The molecule has 0 bridgehead atoms. The fourth-order valence-electron chi connectivity index (χ4n) is 8.04. The number of hydrogen-bond donors (Lipinski definition) is 0. The van der Waals surface area contributed by atoms with Crippen LogP contribution in [0, 0.1) is 0 Å². The van der Waals surface area contributed by atoms with E-state index in [0.29, 0.717) is 0 Å². The molecule has 0 fully saturated rings. The van der Waals surface area contributed by atoms with Crippen molar-refractivity contribution in [2.45, 2.75) is 0 Å². The minimum atomic E-state index is 0.910. The highest BCUT2D eigenvalue weighted by molar-refractivity contribution is 6.15. The molecule has 1 aliphatic carbocycles. The van der Waals surface area contributed by atoms with E-state index >= 15 is 0 Å². The minimum absolute atomic E-state index is 0.910. The van der Waals surface area contributed by atoms with Gasteiger partial charge in [0, 0.05) is 61.5 Å². The van der Waals surface area contributed by atoms with Crippen molar-refractivity contribution < 1.29 is 0 Å². The highest BCUT2D eigenvalue weighted by Gasteiger charge is 2.24. The number of para-hydroxylation sites is 3. The van der Waals surface area contributed by atoms with Crippen molar-refractivity contribution in [3.63, 3.8) is 0 Å². The van der Waals surface area contributed by atoms with Gasteiger partial charge in [-0.05, 0) is 77.4 Å². The average Bonchev–Trinajstić information content (AvgIpc) is 3.78. The molecule has 0 N–H and O–H groups in total. The Balaban J connectivity index is 1.10. The molecule has 48 heavy (non-hydrogen) atoms. The summed E-state index contributed by atoms with van der Waals surface area (Å²) < 4.78 is 4.67. The van der Waals surface area contributed by atoms with Gasteiger partial charge in [0.15, 0.2) is 0 Å². The molecule has 0 saturated carbocycles. The summed E-state index contributed by atoms with van der Waals surface area (Å²) in [5.41, 5.74) is 12.8. The molecule has 0 atom stereocenters. The van der Waals surface area contributed by atoms with E-state index in [1.165, 1.54) is 65.9 Å². The van der Waals surface area contributed by atoms with E-state index in [4.69, 9.17) is 4.98 Å². The lowest BCUT2D eigenvalue weighted by atomic mass is 10.0. The number of nitrogens with zero attached hydrogens (tertiary/aromatic N) is 4. The molecule has 4 nitrogen and oxygen atoms in total. The Morgan fingerprint density at radius 1 is 0.417 bits per heavy atom. The summed E-state index contributed by atoms with van der Waals surface area (Å²) in [6.45, 7) is 0. The second-order valence-electron chi connectivity index (χ2n) is 12.7. The van der Waals surface area contributed by atoms with Gasteiger partial charge in [-0.15, -0.1) is 0 Å². The van der Waals surface area contributed by atoms with Crippen LogP contribution in [0.2, 0.25) is 0 Å². The fraction of sp³-hybridized carbons (Fsp3) is 0. The predicted molar refractivity (Wildman–Crippen MR) is 198 cm³/mol. The van der Waals surface area contributed by atoms with E-state index in [-0.39, 0.29) is 0 Å². The number of aromatic nitrogens is 4. The maximum Gasteiger partial charge on any atom is 0.138 e. The van der Waals surface area contributed by atoms with Crippen LogP contribution in [0.5, 0.6) is 0 Å². The molecular formula is C44H26N4. The first-order chi connectivity index (χ1) is 23.8. The Hall–Kier alpha value is -6.52. The number of pyridine rings is 2. The van der Waals surface area contributed by atoms with E-state index in [2.05, 4.69) is 160 Å². The Morgan fingerprint density at radius 3 is 1.81 bits per heavy atom. The third kappa shape index (κ3) is 3.43. The van der Waals surface area contributed by atoms with E-state index in [1.807, 2.05) is 12.4 Å². The Morgan fingerprint density at radius 2 is 1.06 bits per heavy atom. The van der Waals surface area contributed by atoms with Gasteiger partial charge in [-0.2, -0.15) is 0 Å². The third-order valence-electron chi connectivity index (χ3n) is 10.1. The molecule has 0 unspecified atom stereocenters. The molecule has 4 aromatic heterocycles. The van der Waals surface area contributed by atoms with Crippen LogP contribution in [-0.4, -0.2) is 19.1 Å². The van der Waals surface area contributed by atoms with Crippen molar-refractivity contribution in [3.8, 4) is 45.0 Å². The summed E-state index contributed by atoms with van der Waals surface area (Å²) >= 11 is 0. The minimum Gasteiger partial charge on any atom is -0.309 e. The molecule has 0 spiro atoms. The van der Waals surface area contributed by atoms with Crippen molar-refractivity contribution in [2.75, 3.05) is 0 Å². The summed E-state index contributed by atoms with van der Waals surface area (Å²) in [5.74, 6) is 0.910. The van der Waals surface area contributed by atoms with Gasteiger partial charge in [0.2, 0.25) is 0 Å². The van der Waals surface area contributed by atoms with Gasteiger partial charge in [-0.1, -0.05) is 84.9 Å². The largest absolute Gasteiger partial charge is 0.309 e. The van der Waals surface area contributed by atoms with Gasteiger partial charge in [0.25, 0.3) is 0 Å². The Bertz CT molecular complexity index is 2940. The van der Waals surface area contributed by atoms with Gasteiger partial charge in [0.1, 0.15) is 5.82 Å². The summed E-state index contributed by atoms with van der Waals surface area (Å²) in [6.07, 6.45) is 3.90. The monoisotopic (exact) mass is 610 g/mol. The predicted octanol–water partition coefficient (Wildman–Crippen LogP) is 11.1. The number of fused-ring (bicyclic) bond motifs is 9. The van der Waals surface area contributed by atoms with Crippen LogP contribution < -0.4 is 0 Å². The first-order valence-corrected chi connectivity index (χ1v) is 16.3. The maximum atomic E-state index is 5.33. The fourth-order valence-corrected chi connectivity index (χ4v) is 8.04. The van der Waals surface area contributed by atoms with E-state index in [0.717, 1.165) is 33.5 Å². The highest BCUT2D eigenvalue weighted by Crippen LogP contribution is 2.46. The molecular weight excluding hydrogens is 585 g/mol. The van der Waals surface area contributed by atoms with E-state index < -0.39 is 0 Å². The standard InChI is InChI=1S/C44H26N4/c1-2-10-30(11-3-1)47-38-15-6-4-12-31(38)35-23-27(17-20-40(35)47)28-18-21-41-36(24-28)32-13-5-7-16-39(32)48(41)42-22-19-34-33-14-8-9-29-25-45-26-37(43(29)33)44(34)46-42/h1-26H. The summed E-state index contributed by atoms with van der Waals surface area (Å²) in [4.78, 5) is 9.88. The van der Waals surface area contributed by atoms with Gasteiger partial charge < -0.3 is 4.57 Å².